The summed E-state index contributed by atoms with van der Waals surface area (Å²) in [5.41, 5.74) is 5.79. The second-order valence-corrected chi connectivity index (χ2v) is 8.67. The fourth-order valence-electron chi connectivity index (χ4n) is 4.81. The molecule has 32 heavy (non-hydrogen) atoms. The molecular formula is C28H28N2O2. The maximum atomic E-state index is 11.8. The summed E-state index contributed by atoms with van der Waals surface area (Å²) < 4.78 is 5.97. The first-order valence-corrected chi connectivity index (χ1v) is 11.2. The number of amides is 1. The van der Waals surface area contributed by atoms with Gasteiger partial charge in [0.1, 0.15) is 12.4 Å². The molecule has 5 rings (SSSR count). The number of carbonyl (C=O) groups excluding carboxylic acids is 1. The average molecular weight is 425 g/mol. The Balaban J connectivity index is 1.36. The predicted molar refractivity (Wildman–Crippen MR) is 129 cm³/mol. The summed E-state index contributed by atoms with van der Waals surface area (Å²) in [6.07, 6.45) is 5.66. The van der Waals surface area contributed by atoms with Gasteiger partial charge in [-0.05, 0) is 59.4 Å². The Labute approximate surface area is 189 Å². The van der Waals surface area contributed by atoms with E-state index in [1.165, 1.54) is 11.1 Å². The van der Waals surface area contributed by atoms with Crippen molar-refractivity contribution in [3.05, 3.63) is 102 Å². The van der Waals surface area contributed by atoms with Crippen LogP contribution in [0.2, 0.25) is 0 Å². The molecule has 1 heterocycles. The molecule has 4 nitrogen and oxygen atoms in total. The molecule has 3 aromatic carbocycles. The highest BCUT2D eigenvalue weighted by atomic mass is 16.5. The number of rotatable bonds is 5. The number of nitrogens with zero attached hydrogens (tertiary/aromatic N) is 1. The number of anilines is 2. The lowest BCUT2D eigenvalue weighted by atomic mass is 9.77. The van der Waals surface area contributed by atoms with Gasteiger partial charge in [-0.25, -0.2) is 0 Å². The predicted octanol–water partition coefficient (Wildman–Crippen LogP) is 6.07. The second kappa shape index (κ2) is 8.54. The van der Waals surface area contributed by atoms with E-state index in [9.17, 15) is 4.79 Å². The highest BCUT2D eigenvalue weighted by Gasteiger charge is 2.38. The van der Waals surface area contributed by atoms with Crippen LogP contribution in [0.25, 0.3) is 0 Å². The molecular weight excluding hydrogens is 396 g/mol. The van der Waals surface area contributed by atoms with Gasteiger partial charge in [0, 0.05) is 31.3 Å². The van der Waals surface area contributed by atoms with Gasteiger partial charge < -0.3 is 15.0 Å². The number of carbonyl (C=O) groups is 1. The van der Waals surface area contributed by atoms with Gasteiger partial charge in [0.05, 0.1) is 6.04 Å². The summed E-state index contributed by atoms with van der Waals surface area (Å²) in [6.45, 7) is 2.17. The SMILES string of the molecule is CC(=O)N(C)c1ccc2c(c1)C1C=CCC1C(c1ccc(OCc3ccccc3)cc1)N2. The minimum absolute atomic E-state index is 0.0414. The first kappa shape index (κ1) is 20.4. The number of fused-ring (bicyclic) bond motifs is 3. The van der Waals surface area contributed by atoms with Gasteiger partial charge in [-0.2, -0.15) is 0 Å². The third-order valence-corrected chi connectivity index (χ3v) is 6.69. The van der Waals surface area contributed by atoms with E-state index in [4.69, 9.17) is 4.74 Å². The maximum absolute atomic E-state index is 11.8. The Hall–Kier alpha value is -3.53. The van der Waals surface area contributed by atoms with Crippen molar-refractivity contribution < 1.29 is 9.53 Å². The van der Waals surface area contributed by atoms with Gasteiger partial charge >= 0.3 is 0 Å². The minimum Gasteiger partial charge on any atom is -0.489 e. The summed E-state index contributed by atoms with van der Waals surface area (Å²) in [6, 6.07) is 25.2. The van der Waals surface area contributed by atoms with Crippen LogP contribution in [0, 0.1) is 5.92 Å². The van der Waals surface area contributed by atoms with Crippen LogP contribution in [-0.4, -0.2) is 13.0 Å². The van der Waals surface area contributed by atoms with Crippen LogP contribution < -0.4 is 15.0 Å². The van der Waals surface area contributed by atoms with E-state index in [2.05, 4.69) is 66.0 Å². The number of nitrogens with one attached hydrogen (secondary N) is 1. The molecule has 0 saturated heterocycles. The molecule has 0 fully saturated rings. The third kappa shape index (κ3) is 3.89. The van der Waals surface area contributed by atoms with E-state index < -0.39 is 0 Å². The van der Waals surface area contributed by atoms with Crippen molar-refractivity contribution in [3.63, 3.8) is 0 Å². The lowest BCUT2D eigenvalue weighted by Gasteiger charge is -2.38. The minimum atomic E-state index is 0.0414. The Morgan fingerprint density at radius 2 is 1.84 bits per heavy atom. The highest BCUT2D eigenvalue weighted by Crippen LogP contribution is 2.50. The van der Waals surface area contributed by atoms with Gasteiger partial charge in [-0.15, -0.1) is 0 Å². The number of hydrogen-bond acceptors (Lipinski definition) is 3. The van der Waals surface area contributed by atoms with Crippen LogP contribution in [0.4, 0.5) is 11.4 Å². The zero-order valence-electron chi connectivity index (χ0n) is 18.5. The molecule has 1 N–H and O–H groups in total. The zero-order valence-corrected chi connectivity index (χ0v) is 18.5. The summed E-state index contributed by atoms with van der Waals surface area (Å²) in [5, 5.41) is 3.77. The monoisotopic (exact) mass is 424 g/mol. The number of allylic oxidation sites excluding steroid dienone is 2. The Kier molecular flexibility index (Phi) is 5.44. The largest absolute Gasteiger partial charge is 0.489 e. The third-order valence-electron chi connectivity index (χ3n) is 6.69. The fourth-order valence-corrected chi connectivity index (χ4v) is 4.81. The van der Waals surface area contributed by atoms with Gasteiger partial charge in [0.2, 0.25) is 5.91 Å². The van der Waals surface area contributed by atoms with E-state index in [0.29, 0.717) is 18.4 Å². The Bertz CT molecular complexity index is 1140. The van der Waals surface area contributed by atoms with Crippen molar-refractivity contribution in [3.8, 4) is 5.75 Å². The fraction of sp³-hybridized carbons (Fsp3) is 0.250. The van der Waals surface area contributed by atoms with Crippen LogP contribution >= 0.6 is 0 Å². The molecule has 0 bridgehead atoms. The summed E-state index contributed by atoms with van der Waals surface area (Å²) >= 11 is 0. The zero-order chi connectivity index (χ0) is 22.1. The molecule has 3 unspecified atom stereocenters. The number of benzene rings is 3. The van der Waals surface area contributed by atoms with Crippen molar-refractivity contribution in [2.75, 3.05) is 17.3 Å². The molecule has 0 radical (unpaired) electrons. The van der Waals surface area contributed by atoms with Gasteiger partial charge in [0.15, 0.2) is 0 Å². The van der Waals surface area contributed by atoms with Crippen molar-refractivity contribution in [1.29, 1.82) is 0 Å². The van der Waals surface area contributed by atoms with E-state index in [-0.39, 0.29) is 11.9 Å². The normalized spacial score (nSPS) is 20.8. The molecule has 1 amide bonds. The standard InChI is InChI=1S/C28H28N2O2/c1-19(31)30(2)22-13-16-27-26(17-22)24-9-6-10-25(24)28(29-27)21-11-14-23(15-12-21)32-18-20-7-4-3-5-8-20/h3-9,11-17,24-25,28-29H,10,18H2,1-2H3. The first-order valence-electron chi connectivity index (χ1n) is 11.2. The molecule has 0 aromatic heterocycles. The first-order chi connectivity index (χ1) is 15.6. The summed E-state index contributed by atoms with van der Waals surface area (Å²) in [4.78, 5) is 13.5. The Morgan fingerprint density at radius 3 is 2.59 bits per heavy atom. The summed E-state index contributed by atoms with van der Waals surface area (Å²) in [5.74, 6) is 1.73. The van der Waals surface area contributed by atoms with Crippen LogP contribution in [0.15, 0.2) is 84.9 Å². The molecule has 3 atom stereocenters. The van der Waals surface area contributed by atoms with E-state index in [1.807, 2.05) is 31.3 Å². The summed E-state index contributed by atoms with van der Waals surface area (Å²) in [7, 11) is 1.83. The molecule has 2 aliphatic rings. The lowest BCUT2D eigenvalue weighted by Crippen LogP contribution is -2.29. The maximum Gasteiger partial charge on any atom is 0.223 e. The topological polar surface area (TPSA) is 41.6 Å². The molecule has 0 spiro atoms. The number of ether oxygens (including phenoxy) is 1. The van der Waals surface area contributed by atoms with Crippen molar-refractivity contribution in [2.24, 2.45) is 5.92 Å². The molecule has 1 aliphatic heterocycles. The van der Waals surface area contributed by atoms with Crippen molar-refractivity contribution >= 4 is 17.3 Å². The molecule has 162 valence electrons. The average Bonchev–Trinajstić information content (AvgIpc) is 3.33. The van der Waals surface area contributed by atoms with Gasteiger partial charge in [-0.3, -0.25) is 4.79 Å². The quantitative estimate of drug-likeness (QED) is 0.505. The van der Waals surface area contributed by atoms with Crippen LogP contribution in [0.1, 0.15) is 42.0 Å². The van der Waals surface area contributed by atoms with Crippen LogP contribution in [-0.2, 0) is 11.4 Å². The van der Waals surface area contributed by atoms with E-state index in [0.717, 1.165) is 29.1 Å². The molecule has 1 aliphatic carbocycles. The van der Waals surface area contributed by atoms with Gasteiger partial charge in [0.25, 0.3) is 0 Å². The number of hydrogen-bond donors (Lipinski definition) is 1. The van der Waals surface area contributed by atoms with Crippen LogP contribution in [0.5, 0.6) is 5.75 Å². The smallest absolute Gasteiger partial charge is 0.223 e. The lowest BCUT2D eigenvalue weighted by molar-refractivity contribution is -0.116. The molecule has 4 heteroatoms. The van der Waals surface area contributed by atoms with Crippen molar-refractivity contribution in [2.45, 2.75) is 31.9 Å². The van der Waals surface area contributed by atoms with Crippen molar-refractivity contribution in [1.82, 2.24) is 0 Å². The van der Waals surface area contributed by atoms with E-state index in [1.54, 1.807) is 11.8 Å². The molecule has 0 saturated carbocycles. The highest BCUT2D eigenvalue weighted by molar-refractivity contribution is 5.91. The van der Waals surface area contributed by atoms with Crippen LogP contribution in [0.3, 0.4) is 0 Å². The Morgan fingerprint density at radius 1 is 1.06 bits per heavy atom. The molecule has 3 aromatic rings. The second-order valence-electron chi connectivity index (χ2n) is 8.67. The van der Waals surface area contributed by atoms with E-state index >= 15 is 0 Å². The van der Waals surface area contributed by atoms with Gasteiger partial charge in [-0.1, -0.05) is 54.6 Å².